The highest BCUT2D eigenvalue weighted by molar-refractivity contribution is 7.80. The van der Waals surface area contributed by atoms with Gasteiger partial charge >= 0.3 is 0 Å². The van der Waals surface area contributed by atoms with Gasteiger partial charge in [-0.15, -0.1) is 0 Å². The molecule has 0 saturated heterocycles. The molecule has 0 heterocycles. The minimum atomic E-state index is -0.507. The van der Waals surface area contributed by atoms with Crippen LogP contribution in [-0.4, -0.2) is 23.2 Å². The van der Waals surface area contributed by atoms with Gasteiger partial charge in [-0.25, -0.2) is 0 Å². The first-order valence-corrected chi connectivity index (χ1v) is 9.71. The molecule has 0 unspecified atom stereocenters. The number of hydrogen-bond acceptors (Lipinski definition) is 3. The lowest BCUT2D eigenvalue weighted by molar-refractivity contribution is -0.128. The van der Waals surface area contributed by atoms with Gasteiger partial charge in [0.2, 0.25) is 5.91 Å². The lowest BCUT2D eigenvalue weighted by Gasteiger charge is -2.29. The molecule has 0 spiro atoms. The van der Waals surface area contributed by atoms with E-state index in [9.17, 15) is 4.79 Å². The highest BCUT2D eigenvalue weighted by atomic mass is 32.1. The lowest BCUT2D eigenvalue weighted by atomic mass is 9.87. The van der Waals surface area contributed by atoms with Crippen molar-refractivity contribution in [2.24, 2.45) is 5.41 Å². The van der Waals surface area contributed by atoms with E-state index >= 15 is 0 Å². The third kappa shape index (κ3) is 7.32. The van der Waals surface area contributed by atoms with Crippen LogP contribution in [0.25, 0.3) is 0 Å². The van der Waals surface area contributed by atoms with Crippen molar-refractivity contribution in [2.45, 2.75) is 73.3 Å². The molecule has 1 amide bonds. The Morgan fingerprint density at radius 1 is 1.19 bits per heavy atom. The number of amides is 1. The van der Waals surface area contributed by atoms with Gasteiger partial charge in [0.05, 0.1) is 6.61 Å². The summed E-state index contributed by atoms with van der Waals surface area (Å²) in [6.07, 6.45) is 2.44. The van der Waals surface area contributed by atoms with Gasteiger partial charge in [-0.2, -0.15) is 0 Å². The van der Waals surface area contributed by atoms with Crippen molar-refractivity contribution in [3.63, 3.8) is 0 Å². The number of ether oxygens (including phenoxy) is 1. The first-order valence-electron chi connectivity index (χ1n) is 9.30. The van der Waals surface area contributed by atoms with Gasteiger partial charge in [0.15, 0.2) is 5.11 Å². The molecule has 1 rings (SSSR count). The average Bonchev–Trinajstić information content (AvgIpc) is 2.54. The van der Waals surface area contributed by atoms with Gasteiger partial charge in [0.1, 0.15) is 5.75 Å². The fourth-order valence-corrected chi connectivity index (χ4v) is 2.74. The molecular formula is C21H34N2O2S. The predicted molar refractivity (Wildman–Crippen MR) is 113 cm³/mol. The SMILES string of the molecule is CCC(C)(C)NC(=S)NC(=O)C(C)(C)CCCOc1cc(C)ccc1C. The van der Waals surface area contributed by atoms with Gasteiger partial charge in [-0.1, -0.05) is 32.9 Å². The first kappa shape index (κ1) is 22.4. The molecule has 5 heteroatoms. The van der Waals surface area contributed by atoms with Crippen LogP contribution in [-0.2, 0) is 4.79 Å². The molecule has 2 N–H and O–H groups in total. The highest BCUT2D eigenvalue weighted by Crippen LogP contribution is 2.24. The maximum atomic E-state index is 12.5. The van der Waals surface area contributed by atoms with Gasteiger partial charge in [0, 0.05) is 11.0 Å². The first-order chi connectivity index (χ1) is 12.0. The maximum Gasteiger partial charge on any atom is 0.231 e. The van der Waals surface area contributed by atoms with Crippen LogP contribution in [0.2, 0.25) is 0 Å². The number of aryl methyl sites for hydroxylation is 2. The van der Waals surface area contributed by atoms with Crippen LogP contribution in [0.4, 0.5) is 0 Å². The Hall–Kier alpha value is -1.62. The molecule has 0 aliphatic heterocycles. The molecule has 0 aliphatic rings. The molecular weight excluding hydrogens is 344 g/mol. The Labute approximate surface area is 164 Å². The van der Waals surface area contributed by atoms with Crippen molar-refractivity contribution < 1.29 is 9.53 Å². The molecule has 26 heavy (non-hydrogen) atoms. The zero-order chi connectivity index (χ0) is 20.0. The van der Waals surface area contributed by atoms with E-state index in [0.29, 0.717) is 11.7 Å². The van der Waals surface area contributed by atoms with E-state index in [4.69, 9.17) is 17.0 Å². The second-order valence-corrected chi connectivity index (χ2v) is 8.66. The molecule has 0 saturated carbocycles. The summed E-state index contributed by atoms with van der Waals surface area (Å²) in [6.45, 7) is 14.8. The normalized spacial score (nSPS) is 11.8. The Kier molecular flexibility index (Phi) is 8.07. The van der Waals surface area contributed by atoms with E-state index in [-0.39, 0.29) is 11.4 Å². The van der Waals surface area contributed by atoms with E-state index in [1.807, 2.05) is 26.8 Å². The van der Waals surface area contributed by atoms with Crippen molar-refractivity contribution >= 4 is 23.2 Å². The minimum absolute atomic E-state index is 0.0614. The quantitative estimate of drug-likeness (QED) is 0.510. The van der Waals surface area contributed by atoms with Crippen LogP contribution >= 0.6 is 12.2 Å². The number of thiocarbonyl (C=S) groups is 1. The number of carbonyl (C=O) groups excluding carboxylic acids is 1. The van der Waals surface area contributed by atoms with Crippen LogP contribution in [0.5, 0.6) is 5.75 Å². The Balaban J connectivity index is 2.46. The van der Waals surface area contributed by atoms with Crippen molar-refractivity contribution in [1.82, 2.24) is 10.6 Å². The van der Waals surface area contributed by atoms with Crippen LogP contribution in [0.15, 0.2) is 18.2 Å². The summed E-state index contributed by atoms with van der Waals surface area (Å²) in [5.41, 5.74) is 1.67. The number of hydrogen-bond donors (Lipinski definition) is 2. The summed E-state index contributed by atoms with van der Waals surface area (Å²) in [7, 11) is 0. The molecule has 1 aromatic rings. The van der Waals surface area contributed by atoms with Gasteiger partial charge in [-0.3, -0.25) is 4.79 Å². The summed E-state index contributed by atoms with van der Waals surface area (Å²) in [6, 6.07) is 6.19. The van der Waals surface area contributed by atoms with Crippen LogP contribution in [0.3, 0.4) is 0 Å². The Morgan fingerprint density at radius 3 is 2.46 bits per heavy atom. The van der Waals surface area contributed by atoms with E-state index < -0.39 is 5.41 Å². The number of nitrogens with one attached hydrogen (secondary N) is 2. The van der Waals surface area contributed by atoms with Gasteiger partial charge in [0.25, 0.3) is 0 Å². The summed E-state index contributed by atoms with van der Waals surface area (Å²) < 4.78 is 5.88. The van der Waals surface area contributed by atoms with Crippen LogP contribution < -0.4 is 15.4 Å². The van der Waals surface area contributed by atoms with Crippen molar-refractivity contribution in [3.05, 3.63) is 29.3 Å². The maximum absolute atomic E-state index is 12.5. The number of rotatable bonds is 8. The molecule has 0 radical (unpaired) electrons. The van der Waals surface area contributed by atoms with E-state index in [0.717, 1.165) is 30.6 Å². The number of benzene rings is 1. The van der Waals surface area contributed by atoms with E-state index in [2.05, 4.69) is 50.5 Å². The molecule has 0 aliphatic carbocycles. The summed E-state index contributed by atoms with van der Waals surface area (Å²) >= 11 is 5.27. The fraction of sp³-hybridized carbons (Fsp3) is 0.619. The largest absolute Gasteiger partial charge is 0.493 e. The fourth-order valence-electron chi connectivity index (χ4n) is 2.37. The standard InChI is InChI=1S/C21H34N2O2S/c1-8-21(6,7)23-19(26)22-18(24)20(4,5)12-9-13-25-17-14-15(2)10-11-16(17)3/h10-11,14H,8-9,12-13H2,1-7H3,(H2,22,23,24,26). The van der Waals surface area contributed by atoms with Gasteiger partial charge < -0.3 is 15.4 Å². The smallest absolute Gasteiger partial charge is 0.231 e. The number of carbonyl (C=O) groups is 1. The van der Waals surface area contributed by atoms with Crippen LogP contribution in [0, 0.1) is 19.3 Å². The minimum Gasteiger partial charge on any atom is -0.493 e. The van der Waals surface area contributed by atoms with E-state index in [1.54, 1.807) is 0 Å². The lowest BCUT2D eigenvalue weighted by Crippen LogP contribution is -2.51. The zero-order valence-corrected chi connectivity index (χ0v) is 18.1. The summed E-state index contributed by atoms with van der Waals surface area (Å²) in [5.74, 6) is 0.855. The van der Waals surface area contributed by atoms with Crippen molar-refractivity contribution in [2.75, 3.05) is 6.61 Å². The zero-order valence-electron chi connectivity index (χ0n) is 17.3. The molecule has 0 fully saturated rings. The molecule has 0 atom stereocenters. The highest BCUT2D eigenvalue weighted by Gasteiger charge is 2.28. The molecule has 146 valence electrons. The average molecular weight is 379 g/mol. The van der Waals surface area contributed by atoms with Gasteiger partial charge in [-0.05, 0) is 76.4 Å². The monoisotopic (exact) mass is 378 g/mol. The second-order valence-electron chi connectivity index (χ2n) is 8.25. The van der Waals surface area contributed by atoms with E-state index in [1.165, 1.54) is 5.56 Å². The second kappa shape index (κ2) is 9.36. The molecule has 1 aromatic carbocycles. The summed E-state index contributed by atoms with van der Waals surface area (Å²) in [4.78, 5) is 12.5. The third-order valence-corrected chi connectivity index (χ3v) is 4.93. The summed E-state index contributed by atoms with van der Waals surface area (Å²) in [5, 5.41) is 6.40. The third-order valence-electron chi connectivity index (χ3n) is 4.72. The molecule has 0 aromatic heterocycles. The molecule has 0 bridgehead atoms. The van der Waals surface area contributed by atoms with Crippen LogP contribution in [0.1, 0.15) is 65.0 Å². The van der Waals surface area contributed by atoms with Crippen molar-refractivity contribution in [1.29, 1.82) is 0 Å². The van der Waals surface area contributed by atoms with Crippen molar-refractivity contribution in [3.8, 4) is 5.75 Å². The Bertz CT molecular complexity index is 639. The molecule has 4 nitrogen and oxygen atoms in total. The topological polar surface area (TPSA) is 50.4 Å². The predicted octanol–water partition coefficient (Wildman–Crippen LogP) is 4.67. The Morgan fingerprint density at radius 2 is 1.85 bits per heavy atom.